The lowest BCUT2D eigenvalue weighted by atomic mass is 10.2. The molecule has 1 aromatic carbocycles. The Bertz CT molecular complexity index is 779. The van der Waals surface area contributed by atoms with Crippen LogP contribution in [0.25, 0.3) is 11.5 Å². The lowest BCUT2D eigenvalue weighted by Gasteiger charge is -2.09. The maximum Gasteiger partial charge on any atom is 0.322 e. The third-order valence-corrected chi connectivity index (χ3v) is 3.59. The second-order valence-electron chi connectivity index (χ2n) is 5.07. The maximum atomic E-state index is 12.2. The van der Waals surface area contributed by atoms with E-state index < -0.39 is 0 Å². The average molecular weight is 329 g/mol. The van der Waals surface area contributed by atoms with Gasteiger partial charge in [0.1, 0.15) is 5.75 Å². The fourth-order valence-electron chi connectivity index (χ4n) is 1.90. The molecule has 0 spiro atoms. The van der Waals surface area contributed by atoms with Gasteiger partial charge in [0, 0.05) is 16.5 Å². The van der Waals surface area contributed by atoms with E-state index in [1.807, 2.05) is 30.7 Å². The van der Waals surface area contributed by atoms with Crippen LogP contribution in [0.3, 0.4) is 0 Å². The van der Waals surface area contributed by atoms with Crippen LogP contribution in [-0.4, -0.2) is 22.2 Å². The van der Waals surface area contributed by atoms with Gasteiger partial charge in [0.15, 0.2) is 0 Å². The minimum Gasteiger partial charge on any atom is -0.491 e. The number of hydrogen-bond acceptors (Lipinski definition) is 6. The molecule has 0 aliphatic rings. The first kappa shape index (κ1) is 15.2. The second kappa shape index (κ2) is 6.62. The zero-order chi connectivity index (χ0) is 16.2. The molecule has 2 aromatic heterocycles. The number of hydrogen-bond donors (Lipinski definition) is 1. The Kier molecular flexibility index (Phi) is 4.38. The Balaban J connectivity index is 1.67. The van der Waals surface area contributed by atoms with Crippen molar-refractivity contribution < 1.29 is 13.9 Å². The fourth-order valence-corrected chi connectivity index (χ4v) is 2.53. The normalized spacial score (nSPS) is 10.7. The predicted octanol–water partition coefficient (Wildman–Crippen LogP) is 3.84. The molecule has 0 aliphatic carbocycles. The highest BCUT2D eigenvalue weighted by molar-refractivity contribution is 7.08. The summed E-state index contributed by atoms with van der Waals surface area (Å²) in [6.45, 7) is 3.89. The maximum absolute atomic E-state index is 12.2. The summed E-state index contributed by atoms with van der Waals surface area (Å²) in [5.74, 6) is 0.776. The minimum atomic E-state index is -0.318. The molecule has 0 fully saturated rings. The van der Waals surface area contributed by atoms with Crippen molar-refractivity contribution in [1.29, 1.82) is 0 Å². The molecule has 0 unspecified atom stereocenters. The highest BCUT2D eigenvalue weighted by atomic mass is 32.1. The van der Waals surface area contributed by atoms with Crippen molar-refractivity contribution in [2.75, 3.05) is 5.32 Å². The van der Waals surface area contributed by atoms with E-state index in [9.17, 15) is 4.79 Å². The van der Waals surface area contributed by atoms with Crippen LogP contribution >= 0.6 is 11.3 Å². The number of carbonyl (C=O) groups is 1. The number of carbonyl (C=O) groups excluding carboxylic acids is 1. The molecule has 0 bridgehead atoms. The number of nitrogens with zero attached hydrogens (tertiary/aromatic N) is 2. The summed E-state index contributed by atoms with van der Waals surface area (Å²) in [6.07, 6.45) is 0.0867. The Labute approximate surface area is 137 Å². The molecule has 23 heavy (non-hydrogen) atoms. The van der Waals surface area contributed by atoms with E-state index in [2.05, 4.69) is 15.5 Å². The monoisotopic (exact) mass is 329 g/mol. The zero-order valence-electron chi connectivity index (χ0n) is 12.6. The molecule has 0 aliphatic heterocycles. The SMILES string of the molecule is CC(C)Oc1ccc(C(=O)Nc2nnc(-c3ccsc3)o2)cc1. The number of anilines is 1. The van der Waals surface area contributed by atoms with Crippen LogP contribution in [-0.2, 0) is 0 Å². The van der Waals surface area contributed by atoms with Crippen molar-refractivity contribution in [3.05, 3.63) is 46.7 Å². The molecule has 3 aromatic rings. The van der Waals surface area contributed by atoms with Crippen LogP contribution in [0.5, 0.6) is 5.75 Å². The number of benzene rings is 1. The van der Waals surface area contributed by atoms with Gasteiger partial charge >= 0.3 is 6.01 Å². The third kappa shape index (κ3) is 3.75. The summed E-state index contributed by atoms with van der Waals surface area (Å²) in [7, 11) is 0. The number of aromatic nitrogens is 2. The molecule has 3 rings (SSSR count). The largest absolute Gasteiger partial charge is 0.491 e. The van der Waals surface area contributed by atoms with Crippen molar-refractivity contribution in [3.8, 4) is 17.2 Å². The van der Waals surface area contributed by atoms with Crippen molar-refractivity contribution >= 4 is 23.3 Å². The molecule has 0 atom stereocenters. The quantitative estimate of drug-likeness (QED) is 0.769. The van der Waals surface area contributed by atoms with E-state index in [4.69, 9.17) is 9.15 Å². The van der Waals surface area contributed by atoms with Crippen LogP contribution in [0.1, 0.15) is 24.2 Å². The standard InChI is InChI=1S/C16H15N3O3S/c1-10(2)21-13-5-3-11(4-6-13)14(20)17-16-19-18-15(22-16)12-7-8-23-9-12/h3-10H,1-2H3,(H,17,19,20). The third-order valence-electron chi connectivity index (χ3n) is 2.90. The molecule has 1 amide bonds. The summed E-state index contributed by atoms with van der Waals surface area (Å²) in [4.78, 5) is 12.2. The van der Waals surface area contributed by atoms with Gasteiger partial charge in [-0.2, -0.15) is 11.3 Å². The van der Waals surface area contributed by atoms with Crippen molar-refractivity contribution in [2.24, 2.45) is 0 Å². The van der Waals surface area contributed by atoms with Gasteiger partial charge in [-0.15, -0.1) is 5.10 Å². The van der Waals surface area contributed by atoms with Crippen molar-refractivity contribution in [1.82, 2.24) is 10.2 Å². The minimum absolute atomic E-state index is 0.0682. The smallest absolute Gasteiger partial charge is 0.322 e. The first-order chi connectivity index (χ1) is 11.1. The zero-order valence-corrected chi connectivity index (χ0v) is 13.5. The number of rotatable bonds is 5. The van der Waals surface area contributed by atoms with E-state index >= 15 is 0 Å². The lowest BCUT2D eigenvalue weighted by molar-refractivity contribution is 0.102. The highest BCUT2D eigenvalue weighted by Crippen LogP contribution is 2.22. The highest BCUT2D eigenvalue weighted by Gasteiger charge is 2.13. The topological polar surface area (TPSA) is 77.2 Å². The number of amides is 1. The average Bonchev–Trinajstić information content (AvgIpc) is 3.18. The number of ether oxygens (including phenoxy) is 1. The first-order valence-corrected chi connectivity index (χ1v) is 8.00. The van der Waals surface area contributed by atoms with Crippen molar-refractivity contribution in [3.63, 3.8) is 0 Å². The molecular weight excluding hydrogens is 314 g/mol. The van der Waals surface area contributed by atoms with Crippen LogP contribution in [0.15, 0.2) is 45.5 Å². The summed E-state index contributed by atoms with van der Waals surface area (Å²) < 4.78 is 11.0. The van der Waals surface area contributed by atoms with E-state index in [0.717, 1.165) is 5.56 Å². The van der Waals surface area contributed by atoms with Crippen LogP contribution in [0.2, 0.25) is 0 Å². The van der Waals surface area contributed by atoms with Gasteiger partial charge in [-0.3, -0.25) is 10.1 Å². The van der Waals surface area contributed by atoms with E-state index in [-0.39, 0.29) is 18.0 Å². The van der Waals surface area contributed by atoms with Gasteiger partial charge in [0.2, 0.25) is 0 Å². The molecule has 0 radical (unpaired) electrons. The number of thiophene rings is 1. The van der Waals surface area contributed by atoms with Crippen LogP contribution in [0, 0.1) is 0 Å². The molecule has 2 heterocycles. The summed E-state index contributed by atoms with van der Waals surface area (Å²) in [5, 5.41) is 14.1. The number of nitrogens with one attached hydrogen (secondary N) is 1. The van der Waals surface area contributed by atoms with Gasteiger partial charge in [-0.05, 0) is 49.6 Å². The predicted molar refractivity (Wildman–Crippen MR) is 87.8 cm³/mol. The fraction of sp³-hybridized carbons (Fsp3) is 0.188. The summed E-state index contributed by atoms with van der Waals surface area (Å²) >= 11 is 1.53. The summed E-state index contributed by atoms with van der Waals surface area (Å²) in [6, 6.07) is 8.81. The van der Waals surface area contributed by atoms with Crippen LogP contribution in [0.4, 0.5) is 6.01 Å². The molecule has 118 valence electrons. The van der Waals surface area contributed by atoms with Crippen LogP contribution < -0.4 is 10.1 Å². The second-order valence-corrected chi connectivity index (χ2v) is 5.85. The first-order valence-electron chi connectivity index (χ1n) is 7.06. The Morgan fingerprint density at radius 1 is 1.22 bits per heavy atom. The Morgan fingerprint density at radius 3 is 2.65 bits per heavy atom. The van der Waals surface area contributed by atoms with E-state index in [0.29, 0.717) is 17.2 Å². The molecule has 6 nitrogen and oxygen atoms in total. The Hall–Kier alpha value is -2.67. The lowest BCUT2D eigenvalue weighted by Crippen LogP contribution is -2.12. The van der Waals surface area contributed by atoms with Crippen molar-refractivity contribution in [2.45, 2.75) is 20.0 Å². The van der Waals surface area contributed by atoms with E-state index in [1.165, 1.54) is 11.3 Å². The van der Waals surface area contributed by atoms with Gasteiger partial charge < -0.3 is 9.15 Å². The van der Waals surface area contributed by atoms with Gasteiger partial charge in [0.05, 0.1) is 6.10 Å². The summed E-state index contributed by atoms with van der Waals surface area (Å²) in [5.41, 5.74) is 1.31. The van der Waals surface area contributed by atoms with Gasteiger partial charge in [-0.1, -0.05) is 5.10 Å². The van der Waals surface area contributed by atoms with Gasteiger partial charge in [-0.25, -0.2) is 0 Å². The molecule has 0 saturated carbocycles. The van der Waals surface area contributed by atoms with E-state index in [1.54, 1.807) is 24.3 Å². The van der Waals surface area contributed by atoms with Gasteiger partial charge in [0.25, 0.3) is 11.8 Å². The molecule has 7 heteroatoms. The molecule has 1 N–H and O–H groups in total. The molecular formula is C16H15N3O3S. The Morgan fingerprint density at radius 2 is 2.00 bits per heavy atom. The molecule has 0 saturated heterocycles.